The maximum atomic E-state index is 6.40. The standard InChI is InChI=1S/C16H20ClN3O/c1-4-16(3,18)12-9-20-14(21-15(2)5-6-15)11-8-19-13(17)7-10(11)12/h7-9H,4-6,18H2,1-3H3/t16-/m1/s1. The first-order valence-corrected chi connectivity index (χ1v) is 7.65. The summed E-state index contributed by atoms with van der Waals surface area (Å²) in [5, 5.41) is 2.29. The van der Waals surface area contributed by atoms with Crippen molar-refractivity contribution in [1.82, 2.24) is 9.97 Å². The largest absolute Gasteiger partial charge is 0.471 e. The quantitative estimate of drug-likeness (QED) is 0.873. The number of rotatable bonds is 4. The van der Waals surface area contributed by atoms with Crippen LogP contribution < -0.4 is 10.5 Å². The van der Waals surface area contributed by atoms with Crippen LogP contribution in [0, 0.1) is 0 Å². The fraction of sp³-hybridized carbons (Fsp3) is 0.500. The molecule has 1 saturated carbocycles. The molecule has 5 heteroatoms. The first-order valence-electron chi connectivity index (χ1n) is 7.27. The average molecular weight is 306 g/mol. The molecule has 3 rings (SSSR count). The van der Waals surface area contributed by atoms with Gasteiger partial charge in [0.2, 0.25) is 5.88 Å². The van der Waals surface area contributed by atoms with Gasteiger partial charge in [0.1, 0.15) is 10.8 Å². The minimum absolute atomic E-state index is 0.0855. The molecule has 0 radical (unpaired) electrons. The van der Waals surface area contributed by atoms with Crippen molar-refractivity contribution < 1.29 is 4.74 Å². The Kier molecular flexibility index (Phi) is 3.34. The molecule has 2 aromatic rings. The third-order valence-corrected chi connectivity index (χ3v) is 4.56. The van der Waals surface area contributed by atoms with Gasteiger partial charge in [-0.25, -0.2) is 9.97 Å². The lowest BCUT2D eigenvalue weighted by Crippen LogP contribution is -2.32. The van der Waals surface area contributed by atoms with Gasteiger partial charge in [0.25, 0.3) is 0 Å². The summed E-state index contributed by atoms with van der Waals surface area (Å²) >= 11 is 6.07. The summed E-state index contributed by atoms with van der Waals surface area (Å²) in [6.07, 6.45) is 6.46. The minimum atomic E-state index is -0.460. The van der Waals surface area contributed by atoms with Crippen molar-refractivity contribution in [2.24, 2.45) is 5.73 Å². The first-order chi connectivity index (χ1) is 9.85. The van der Waals surface area contributed by atoms with Gasteiger partial charge in [-0.1, -0.05) is 18.5 Å². The van der Waals surface area contributed by atoms with Crippen LogP contribution in [0.25, 0.3) is 10.8 Å². The van der Waals surface area contributed by atoms with E-state index >= 15 is 0 Å². The van der Waals surface area contributed by atoms with Crippen LogP contribution in [0.5, 0.6) is 5.88 Å². The Labute approximate surface area is 129 Å². The van der Waals surface area contributed by atoms with Gasteiger partial charge in [0, 0.05) is 17.9 Å². The van der Waals surface area contributed by atoms with E-state index in [1.54, 1.807) is 6.20 Å². The highest BCUT2D eigenvalue weighted by atomic mass is 35.5. The highest BCUT2D eigenvalue weighted by Crippen LogP contribution is 2.42. The summed E-state index contributed by atoms with van der Waals surface area (Å²) < 4.78 is 6.03. The summed E-state index contributed by atoms with van der Waals surface area (Å²) in [5.41, 5.74) is 6.82. The van der Waals surface area contributed by atoms with Crippen LogP contribution in [0.15, 0.2) is 18.5 Å². The zero-order valence-electron chi connectivity index (χ0n) is 12.6. The number of nitrogens with two attached hydrogens (primary N) is 1. The fourth-order valence-electron chi connectivity index (χ4n) is 2.32. The van der Waals surface area contributed by atoms with Crippen LogP contribution in [0.3, 0.4) is 0 Å². The van der Waals surface area contributed by atoms with E-state index in [1.165, 1.54) is 0 Å². The van der Waals surface area contributed by atoms with E-state index in [1.807, 2.05) is 19.2 Å². The maximum absolute atomic E-state index is 6.40. The maximum Gasteiger partial charge on any atom is 0.223 e. The fourth-order valence-corrected chi connectivity index (χ4v) is 2.48. The number of hydrogen-bond donors (Lipinski definition) is 1. The van der Waals surface area contributed by atoms with E-state index in [-0.39, 0.29) is 5.60 Å². The van der Waals surface area contributed by atoms with Gasteiger partial charge in [-0.2, -0.15) is 0 Å². The second-order valence-corrected chi connectivity index (χ2v) is 6.74. The normalized spacial score (nSPS) is 19.3. The van der Waals surface area contributed by atoms with E-state index in [9.17, 15) is 0 Å². The highest BCUT2D eigenvalue weighted by Gasteiger charge is 2.41. The van der Waals surface area contributed by atoms with E-state index in [0.717, 1.165) is 35.6 Å². The van der Waals surface area contributed by atoms with Crippen LogP contribution in [0.1, 0.15) is 45.6 Å². The number of halogens is 1. The van der Waals surface area contributed by atoms with Crippen LogP contribution in [-0.2, 0) is 5.54 Å². The summed E-state index contributed by atoms with van der Waals surface area (Å²) in [5.74, 6) is 0.616. The van der Waals surface area contributed by atoms with Crippen LogP contribution in [0.4, 0.5) is 0 Å². The van der Waals surface area contributed by atoms with Gasteiger partial charge in [-0.05, 0) is 50.1 Å². The SMILES string of the molecule is CC[C@@](C)(N)c1cnc(OC2(C)CC2)c2cnc(Cl)cc12. The lowest BCUT2D eigenvalue weighted by molar-refractivity contribution is 0.194. The van der Waals surface area contributed by atoms with Gasteiger partial charge in [-0.3, -0.25) is 0 Å². The Morgan fingerprint density at radius 2 is 2.05 bits per heavy atom. The highest BCUT2D eigenvalue weighted by molar-refractivity contribution is 6.30. The molecule has 0 bridgehead atoms. The molecule has 2 aromatic heterocycles. The van der Waals surface area contributed by atoms with Gasteiger partial charge in [0.15, 0.2) is 0 Å². The number of aromatic nitrogens is 2. The second-order valence-electron chi connectivity index (χ2n) is 6.35. The van der Waals surface area contributed by atoms with Crippen molar-refractivity contribution in [1.29, 1.82) is 0 Å². The molecular formula is C16H20ClN3O. The molecule has 21 heavy (non-hydrogen) atoms. The molecule has 1 aliphatic carbocycles. The molecule has 2 N–H and O–H groups in total. The Bertz CT molecular complexity index is 695. The van der Waals surface area contributed by atoms with E-state index in [0.29, 0.717) is 11.0 Å². The average Bonchev–Trinajstić information content (AvgIpc) is 3.16. The van der Waals surface area contributed by atoms with Crippen molar-refractivity contribution in [2.75, 3.05) is 0 Å². The molecule has 0 aliphatic heterocycles. The monoisotopic (exact) mass is 305 g/mol. The van der Waals surface area contributed by atoms with Crippen molar-refractivity contribution >= 4 is 22.4 Å². The Morgan fingerprint density at radius 3 is 2.67 bits per heavy atom. The van der Waals surface area contributed by atoms with E-state index in [2.05, 4.69) is 23.8 Å². The lowest BCUT2D eigenvalue weighted by Gasteiger charge is -2.25. The molecule has 0 spiro atoms. The molecule has 0 saturated heterocycles. The summed E-state index contributed by atoms with van der Waals surface area (Å²) in [4.78, 5) is 8.66. The molecule has 112 valence electrons. The predicted octanol–water partition coefficient (Wildman–Crippen LogP) is 3.80. The molecule has 0 unspecified atom stereocenters. The van der Waals surface area contributed by atoms with Crippen LogP contribution >= 0.6 is 11.6 Å². The summed E-state index contributed by atoms with van der Waals surface area (Å²) in [6, 6.07) is 1.84. The molecule has 2 heterocycles. The number of fused-ring (bicyclic) bond motifs is 1. The van der Waals surface area contributed by atoms with Crippen LogP contribution in [-0.4, -0.2) is 15.6 Å². The Morgan fingerprint density at radius 1 is 1.33 bits per heavy atom. The molecular weight excluding hydrogens is 286 g/mol. The summed E-state index contributed by atoms with van der Waals surface area (Å²) in [6.45, 7) is 6.15. The van der Waals surface area contributed by atoms with Crippen molar-refractivity contribution in [3.05, 3.63) is 29.2 Å². The number of hydrogen-bond acceptors (Lipinski definition) is 4. The van der Waals surface area contributed by atoms with E-state index in [4.69, 9.17) is 22.1 Å². The van der Waals surface area contributed by atoms with Crippen molar-refractivity contribution in [2.45, 2.75) is 51.2 Å². The van der Waals surface area contributed by atoms with Crippen molar-refractivity contribution in [3.8, 4) is 5.88 Å². The smallest absolute Gasteiger partial charge is 0.223 e. The second kappa shape index (κ2) is 4.82. The molecule has 1 atom stereocenters. The number of nitrogens with zero attached hydrogens (tertiary/aromatic N) is 2. The summed E-state index contributed by atoms with van der Waals surface area (Å²) in [7, 11) is 0. The molecule has 1 aliphatic rings. The zero-order chi connectivity index (χ0) is 15.3. The molecule has 4 nitrogen and oxygen atoms in total. The third kappa shape index (κ3) is 2.70. The molecule has 1 fully saturated rings. The van der Waals surface area contributed by atoms with Crippen LogP contribution in [0.2, 0.25) is 5.15 Å². The predicted molar refractivity (Wildman–Crippen MR) is 84.6 cm³/mol. The Balaban J connectivity index is 2.18. The van der Waals surface area contributed by atoms with Gasteiger partial charge in [0.05, 0.1) is 5.39 Å². The number of ether oxygens (including phenoxy) is 1. The first kappa shape index (κ1) is 14.5. The van der Waals surface area contributed by atoms with Gasteiger partial charge in [-0.15, -0.1) is 0 Å². The van der Waals surface area contributed by atoms with Gasteiger partial charge < -0.3 is 10.5 Å². The lowest BCUT2D eigenvalue weighted by atomic mass is 9.89. The Hall–Kier alpha value is -1.39. The minimum Gasteiger partial charge on any atom is -0.471 e. The van der Waals surface area contributed by atoms with E-state index < -0.39 is 5.54 Å². The molecule has 0 aromatic carbocycles. The molecule has 0 amide bonds. The van der Waals surface area contributed by atoms with Crippen molar-refractivity contribution in [3.63, 3.8) is 0 Å². The number of pyridine rings is 2. The third-order valence-electron chi connectivity index (χ3n) is 4.35. The zero-order valence-corrected chi connectivity index (χ0v) is 13.4. The topological polar surface area (TPSA) is 61.0 Å². The van der Waals surface area contributed by atoms with Gasteiger partial charge >= 0.3 is 0 Å².